The molecule has 0 heterocycles. The third-order valence-corrected chi connectivity index (χ3v) is 4.50. The average Bonchev–Trinajstić information content (AvgIpc) is 2.50. The molecule has 23 heavy (non-hydrogen) atoms. The highest BCUT2D eigenvalue weighted by Gasteiger charge is 2.17. The Hall–Kier alpha value is -0.570. The van der Waals surface area contributed by atoms with Crippen LogP contribution in [0.1, 0.15) is 69.4 Å². The Labute approximate surface area is 149 Å². The zero-order valence-electron chi connectivity index (χ0n) is 15.4. The van der Waals surface area contributed by atoms with Crippen molar-refractivity contribution in [3.8, 4) is 0 Å². The number of benzene rings is 1. The van der Waals surface area contributed by atoms with Crippen molar-refractivity contribution < 1.29 is 22.0 Å². The van der Waals surface area contributed by atoms with E-state index < -0.39 is 0 Å². The molecule has 1 rings (SSSR count). The summed E-state index contributed by atoms with van der Waals surface area (Å²) in [6.45, 7) is 4.64. The lowest BCUT2D eigenvalue weighted by molar-refractivity contribution is -0.903. The molecule has 0 bridgehead atoms. The Morgan fingerprint density at radius 2 is 1.35 bits per heavy atom. The minimum Gasteiger partial charge on any atom is -1.00 e. The SMILES string of the molecule is CCCCCCCCCC[N+](C)(C)Cc1ccccc1CO.[Cl-]. The van der Waals surface area contributed by atoms with E-state index in [2.05, 4.69) is 33.2 Å². The fourth-order valence-electron chi connectivity index (χ4n) is 3.08. The second-order valence-corrected chi connectivity index (χ2v) is 7.22. The molecule has 1 aromatic carbocycles. The molecule has 0 aliphatic rings. The van der Waals surface area contributed by atoms with Crippen LogP contribution in [-0.2, 0) is 13.2 Å². The van der Waals surface area contributed by atoms with Crippen LogP contribution >= 0.6 is 0 Å². The highest BCUT2D eigenvalue weighted by molar-refractivity contribution is 5.25. The van der Waals surface area contributed by atoms with Gasteiger partial charge in [0.1, 0.15) is 6.54 Å². The van der Waals surface area contributed by atoms with Crippen LogP contribution in [0.25, 0.3) is 0 Å². The molecule has 0 fully saturated rings. The van der Waals surface area contributed by atoms with Crippen molar-refractivity contribution in [2.75, 3.05) is 20.6 Å². The lowest BCUT2D eigenvalue weighted by atomic mass is 10.1. The van der Waals surface area contributed by atoms with E-state index in [0.29, 0.717) is 0 Å². The van der Waals surface area contributed by atoms with Gasteiger partial charge in [-0.1, -0.05) is 69.7 Å². The molecule has 1 aromatic rings. The van der Waals surface area contributed by atoms with Gasteiger partial charge >= 0.3 is 0 Å². The van der Waals surface area contributed by atoms with Gasteiger partial charge in [0, 0.05) is 5.56 Å². The van der Waals surface area contributed by atoms with Crippen molar-refractivity contribution >= 4 is 0 Å². The van der Waals surface area contributed by atoms with Crippen molar-refractivity contribution in [1.29, 1.82) is 0 Å². The molecule has 0 saturated heterocycles. The molecule has 0 aromatic heterocycles. The zero-order chi connectivity index (χ0) is 16.3. The van der Waals surface area contributed by atoms with E-state index in [9.17, 15) is 5.11 Å². The molecule has 0 spiro atoms. The maximum atomic E-state index is 9.44. The van der Waals surface area contributed by atoms with E-state index >= 15 is 0 Å². The van der Waals surface area contributed by atoms with Crippen molar-refractivity contribution in [2.45, 2.75) is 71.4 Å². The Bertz CT molecular complexity index is 406. The Morgan fingerprint density at radius 1 is 0.826 bits per heavy atom. The molecular weight excluding hydrogens is 306 g/mol. The smallest absolute Gasteiger partial charge is 0.104 e. The standard InChI is InChI=1S/C20H36NO.ClH/c1-4-5-6-7-8-9-10-13-16-21(2,3)17-19-14-11-12-15-20(19)18-22;/h11-12,14-15,22H,4-10,13,16-18H2,1-3H3;1H/q+1;/p-1. The number of hydrogen-bond acceptors (Lipinski definition) is 1. The van der Waals surface area contributed by atoms with Gasteiger partial charge in [-0.2, -0.15) is 0 Å². The van der Waals surface area contributed by atoms with Gasteiger partial charge in [-0.15, -0.1) is 0 Å². The lowest BCUT2D eigenvalue weighted by Gasteiger charge is -2.30. The largest absolute Gasteiger partial charge is 1.00 e. The fraction of sp³-hybridized carbons (Fsp3) is 0.700. The van der Waals surface area contributed by atoms with Gasteiger partial charge in [-0.3, -0.25) is 0 Å². The number of aliphatic hydroxyl groups is 1. The summed E-state index contributed by atoms with van der Waals surface area (Å²) in [6, 6.07) is 8.27. The van der Waals surface area contributed by atoms with Gasteiger partial charge in [0.05, 0.1) is 27.2 Å². The molecule has 134 valence electrons. The summed E-state index contributed by atoms with van der Waals surface area (Å²) in [4.78, 5) is 0. The van der Waals surface area contributed by atoms with Gasteiger partial charge in [-0.25, -0.2) is 0 Å². The van der Waals surface area contributed by atoms with Crippen molar-refractivity contribution in [3.05, 3.63) is 35.4 Å². The molecule has 0 aliphatic carbocycles. The van der Waals surface area contributed by atoms with E-state index in [0.717, 1.165) is 16.6 Å². The van der Waals surface area contributed by atoms with Crippen LogP contribution in [0, 0.1) is 0 Å². The first kappa shape index (κ1) is 22.4. The molecule has 0 amide bonds. The highest BCUT2D eigenvalue weighted by atomic mass is 35.5. The van der Waals surface area contributed by atoms with E-state index in [-0.39, 0.29) is 19.0 Å². The maximum Gasteiger partial charge on any atom is 0.104 e. The first-order chi connectivity index (χ1) is 10.6. The first-order valence-electron chi connectivity index (χ1n) is 9.08. The predicted molar refractivity (Wildman–Crippen MR) is 95.7 cm³/mol. The molecule has 0 radical (unpaired) electrons. The number of quaternary nitrogens is 1. The Kier molecular flexibility index (Phi) is 12.5. The Balaban J connectivity index is 0.00000484. The summed E-state index contributed by atoms with van der Waals surface area (Å²) >= 11 is 0. The minimum atomic E-state index is 0. The molecule has 1 N–H and O–H groups in total. The summed E-state index contributed by atoms with van der Waals surface area (Å²) in [5, 5.41) is 9.44. The third-order valence-electron chi connectivity index (χ3n) is 4.50. The summed E-state index contributed by atoms with van der Waals surface area (Å²) < 4.78 is 1.01. The van der Waals surface area contributed by atoms with E-state index in [1.807, 2.05) is 12.1 Å². The second kappa shape index (κ2) is 12.8. The van der Waals surface area contributed by atoms with Gasteiger partial charge in [0.15, 0.2) is 0 Å². The third kappa shape index (κ3) is 10.0. The van der Waals surface area contributed by atoms with Crippen molar-refractivity contribution in [3.63, 3.8) is 0 Å². The van der Waals surface area contributed by atoms with Gasteiger partial charge < -0.3 is 22.0 Å². The molecule has 2 nitrogen and oxygen atoms in total. The quantitative estimate of drug-likeness (QED) is 0.455. The van der Waals surface area contributed by atoms with Crippen molar-refractivity contribution in [2.24, 2.45) is 0 Å². The first-order valence-corrected chi connectivity index (χ1v) is 9.08. The minimum absolute atomic E-state index is 0. The number of rotatable bonds is 12. The predicted octanol–water partition coefficient (Wildman–Crippen LogP) is 1.90. The molecule has 0 atom stereocenters. The Morgan fingerprint density at radius 3 is 1.91 bits per heavy atom. The summed E-state index contributed by atoms with van der Waals surface area (Å²) in [7, 11) is 4.60. The fourth-order valence-corrected chi connectivity index (χ4v) is 3.08. The molecule has 0 saturated carbocycles. The van der Waals surface area contributed by atoms with Crippen LogP contribution in [0.5, 0.6) is 0 Å². The van der Waals surface area contributed by atoms with E-state index in [1.165, 1.54) is 63.5 Å². The average molecular weight is 342 g/mol. The number of hydrogen-bond donors (Lipinski definition) is 1. The maximum absolute atomic E-state index is 9.44. The molecular formula is C20H36ClNO. The van der Waals surface area contributed by atoms with Crippen LogP contribution < -0.4 is 12.4 Å². The summed E-state index contributed by atoms with van der Waals surface area (Å²) in [5.41, 5.74) is 2.36. The highest BCUT2D eigenvalue weighted by Crippen LogP contribution is 2.16. The monoisotopic (exact) mass is 341 g/mol. The lowest BCUT2D eigenvalue weighted by Crippen LogP contribution is -3.00. The molecule has 3 heteroatoms. The van der Waals surface area contributed by atoms with Crippen LogP contribution in [0.3, 0.4) is 0 Å². The summed E-state index contributed by atoms with van der Waals surface area (Å²) in [6.07, 6.45) is 11.0. The summed E-state index contributed by atoms with van der Waals surface area (Å²) in [5.74, 6) is 0. The van der Waals surface area contributed by atoms with Crippen LogP contribution in [0.15, 0.2) is 24.3 Å². The normalized spacial score (nSPS) is 11.3. The van der Waals surface area contributed by atoms with Crippen LogP contribution in [-0.4, -0.2) is 30.2 Å². The molecule has 0 unspecified atom stereocenters. The van der Waals surface area contributed by atoms with E-state index in [4.69, 9.17) is 0 Å². The van der Waals surface area contributed by atoms with Crippen LogP contribution in [0.2, 0.25) is 0 Å². The van der Waals surface area contributed by atoms with Crippen LogP contribution in [0.4, 0.5) is 0 Å². The van der Waals surface area contributed by atoms with Crippen molar-refractivity contribution in [1.82, 2.24) is 0 Å². The number of unbranched alkanes of at least 4 members (excludes halogenated alkanes) is 7. The van der Waals surface area contributed by atoms with E-state index in [1.54, 1.807) is 0 Å². The topological polar surface area (TPSA) is 20.2 Å². The molecule has 0 aliphatic heterocycles. The second-order valence-electron chi connectivity index (χ2n) is 7.22. The number of halogens is 1. The zero-order valence-corrected chi connectivity index (χ0v) is 16.1. The van der Waals surface area contributed by atoms with Gasteiger partial charge in [-0.05, 0) is 18.4 Å². The van der Waals surface area contributed by atoms with Gasteiger partial charge in [0.25, 0.3) is 0 Å². The number of aliphatic hydroxyl groups excluding tert-OH is 1. The van der Waals surface area contributed by atoms with Gasteiger partial charge in [0.2, 0.25) is 0 Å². The number of nitrogens with zero attached hydrogens (tertiary/aromatic N) is 1.